The van der Waals surface area contributed by atoms with Gasteiger partial charge in [0.2, 0.25) is 0 Å². The molecule has 1 N–H and O–H groups in total. The van der Waals surface area contributed by atoms with Gasteiger partial charge < -0.3 is 5.11 Å². The fraction of sp³-hybridized carbons (Fsp3) is 0.222. The molecule has 0 spiro atoms. The standard InChI is InChI=1S/C9H9NO3S/c11-9(12)8(10-14-13)6-7-4-2-1-3-5-7/h1-5,8H,6H2,(H,11,12)/t8-/m0/s1. The Kier molecular flexibility index (Phi) is 4.00. The first kappa shape index (κ1) is 10.6. The summed E-state index contributed by atoms with van der Waals surface area (Å²) in [6, 6.07) is 8.14. The van der Waals surface area contributed by atoms with E-state index in [9.17, 15) is 9.00 Å². The summed E-state index contributed by atoms with van der Waals surface area (Å²) < 4.78 is 13.5. The van der Waals surface area contributed by atoms with E-state index in [1.165, 1.54) is 0 Å². The van der Waals surface area contributed by atoms with Gasteiger partial charge in [-0.1, -0.05) is 30.3 Å². The van der Waals surface area contributed by atoms with Gasteiger partial charge in [-0.25, -0.2) is 4.79 Å². The van der Waals surface area contributed by atoms with E-state index in [0.717, 1.165) is 5.56 Å². The summed E-state index contributed by atoms with van der Waals surface area (Å²) in [7, 11) is 0. The van der Waals surface area contributed by atoms with Crippen molar-refractivity contribution in [1.82, 2.24) is 0 Å². The van der Waals surface area contributed by atoms with Crippen LogP contribution in [0.1, 0.15) is 5.56 Å². The van der Waals surface area contributed by atoms with Crippen LogP contribution in [0.5, 0.6) is 0 Å². The number of rotatable bonds is 4. The molecule has 4 nitrogen and oxygen atoms in total. The molecular formula is C9H9NO3S. The molecular weight excluding hydrogens is 202 g/mol. The van der Waals surface area contributed by atoms with Gasteiger partial charge in [0.05, 0.1) is 0 Å². The molecule has 0 unspecified atom stereocenters. The second kappa shape index (κ2) is 5.29. The molecule has 0 radical (unpaired) electrons. The second-order valence-electron chi connectivity index (χ2n) is 2.72. The Morgan fingerprint density at radius 1 is 1.43 bits per heavy atom. The predicted molar refractivity (Wildman–Crippen MR) is 52.1 cm³/mol. The van der Waals surface area contributed by atoms with Crippen LogP contribution in [0.4, 0.5) is 0 Å². The van der Waals surface area contributed by atoms with E-state index >= 15 is 0 Å². The van der Waals surface area contributed by atoms with Crippen molar-refractivity contribution in [2.24, 2.45) is 4.36 Å². The normalized spacial score (nSPS) is 11.7. The van der Waals surface area contributed by atoms with Crippen LogP contribution in [-0.4, -0.2) is 21.3 Å². The zero-order chi connectivity index (χ0) is 10.4. The summed E-state index contributed by atoms with van der Waals surface area (Å²) in [5.74, 6) is -1.07. The third kappa shape index (κ3) is 3.10. The maximum atomic E-state index is 10.6. The van der Waals surface area contributed by atoms with Gasteiger partial charge in [0, 0.05) is 6.42 Å². The number of aliphatic carboxylic acids is 1. The highest BCUT2D eigenvalue weighted by atomic mass is 32.1. The van der Waals surface area contributed by atoms with Crippen molar-refractivity contribution in [1.29, 1.82) is 0 Å². The lowest BCUT2D eigenvalue weighted by Crippen LogP contribution is -2.19. The van der Waals surface area contributed by atoms with Gasteiger partial charge in [0.15, 0.2) is 17.5 Å². The molecule has 0 aromatic heterocycles. The highest BCUT2D eigenvalue weighted by Crippen LogP contribution is 2.05. The molecule has 0 aliphatic rings. The molecule has 0 saturated carbocycles. The average Bonchev–Trinajstić information content (AvgIpc) is 2.18. The maximum Gasteiger partial charge on any atom is 0.329 e. The number of nitrogens with zero attached hydrogens (tertiary/aromatic N) is 1. The summed E-state index contributed by atoms with van der Waals surface area (Å²) in [6.07, 6.45) is 0.255. The van der Waals surface area contributed by atoms with Crippen molar-refractivity contribution < 1.29 is 14.1 Å². The predicted octanol–water partition coefficient (Wildman–Crippen LogP) is 1.08. The zero-order valence-corrected chi connectivity index (χ0v) is 8.11. The van der Waals surface area contributed by atoms with Gasteiger partial charge in [-0.2, -0.15) is 8.57 Å². The lowest BCUT2D eigenvalue weighted by molar-refractivity contribution is -0.138. The fourth-order valence-electron chi connectivity index (χ4n) is 1.06. The lowest BCUT2D eigenvalue weighted by atomic mass is 10.1. The Balaban J connectivity index is 2.75. The van der Waals surface area contributed by atoms with E-state index in [1.54, 1.807) is 12.1 Å². The maximum absolute atomic E-state index is 10.6. The number of carboxylic acid groups (broad SMARTS) is 1. The quantitative estimate of drug-likeness (QED) is 0.810. The number of hydrogen-bond donors (Lipinski definition) is 1. The fourth-order valence-corrected chi connectivity index (χ4v) is 1.33. The van der Waals surface area contributed by atoms with Gasteiger partial charge in [0.1, 0.15) is 0 Å². The lowest BCUT2D eigenvalue weighted by Gasteiger charge is -2.04. The van der Waals surface area contributed by atoms with Gasteiger partial charge >= 0.3 is 5.97 Å². The van der Waals surface area contributed by atoms with Gasteiger partial charge in [0.25, 0.3) is 0 Å². The molecule has 0 bridgehead atoms. The van der Waals surface area contributed by atoms with Crippen LogP contribution in [0.15, 0.2) is 34.7 Å². The second-order valence-corrected chi connectivity index (χ2v) is 3.08. The minimum absolute atomic E-state index is 0.0485. The summed E-state index contributed by atoms with van der Waals surface area (Å²) >= 11 is -0.0485. The van der Waals surface area contributed by atoms with Crippen LogP contribution in [0.2, 0.25) is 0 Å². The van der Waals surface area contributed by atoms with Gasteiger partial charge in [-0.15, -0.1) is 0 Å². The minimum Gasteiger partial charge on any atom is -0.480 e. The van der Waals surface area contributed by atoms with Crippen LogP contribution in [0.25, 0.3) is 0 Å². The minimum atomic E-state index is -1.07. The first-order valence-electron chi connectivity index (χ1n) is 4.00. The summed E-state index contributed by atoms with van der Waals surface area (Å²) in [5.41, 5.74) is 0.859. The summed E-state index contributed by atoms with van der Waals surface area (Å²) in [5, 5.41) is 8.72. The van der Waals surface area contributed by atoms with Crippen LogP contribution in [-0.2, 0) is 22.7 Å². The zero-order valence-electron chi connectivity index (χ0n) is 7.29. The van der Waals surface area contributed by atoms with Crippen LogP contribution in [0, 0.1) is 0 Å². The number of carboxylic acids is 1. The average molecular weight is 211 g/mol. The Hall–Kier alpha value is -1.49. The van der Waals surface area contributed by atoms with E-state index in [4.69, 9.17) is 5.11 Å². The Morgan fingerprint density at radius 3 is 2.57 bits per heavy atom. The first-order chi connectivity index (χ1) is 6.74. The molecule has 0 amide bonds. The van der Waals surface area contributed by atoms with Crippen LogP contribution < -0.4 is 0 Å². The molecule has 1 rings (SSSR count). The van der Waals surface area contributed by atoms with E-state index in [1.807, 2.05) is 18.2 Å². The van der Waals surface area contributed by atoms with Crippen molar-refractivity contribution in [3.05, 3.63) is 35.9 Å². The van der Waals surface area contributed by atoms with Crippen molar-refractivity contribution in [2.45, 2.75) is 12.5 Å². The Morgan fingerprint density at radius 2 is 2.07 bits per heavy atom. The molecule has 0 saturated heterocycles. The van der Waals surface area contributed by atoms with Crippen LogP contribution in [0.3, 0.4) is 0 Å². The third-order valence-electron chi connectivity index (χ3n) is 1.73. The number of benzene rings is 1. The van der Waals surface area contributed by atoms with Crippen LogP contribution >= 0.6 is 0 Å². The van der Waals surface area contributed by atoms with E-state index < -0.39 is 12.0 Å². The molecule has 1 aromatic rings. The molecule has 5 heteroatoms. The Labute approximate surface area is 84.8 Å². The molecule has 0 aliphatic carbocycles. The molecule has 14 heavy (non-hydrogen) atoms. The summed E-state index contributed by atoms with van der Waals surface area (Å²) in [6.45, 7) is 0. The van der Waals surface area contributed by atoms with E-state index in [2.05, 4.69) is 4.36 Å². The summed E-state index contributed by atoms with van der Waals surface area (Å²) in [4.78, 5) is 10.6. The highest BCUT2D eigenvalue weighted by Gasteiger charge is 2.16. The Bertz CT molecular complexity index is 358. The number of hydrogen-bond acceptors (Lipinski definition) is 3. The molecule has 1 aromatic carbocycles. The number of carbonyl (C=O) groups is 1. The highest BCUT2D eigenvalue weighted by molar-refractivity contribution is 7.54. The molecule has 0 aliphatic heterocycles. The molecule has 0 heterocycles. The van der Waals surface area contributed by atoms with Gasteiger partial charge in [-0.3, -0.25) is 0 Å². The van der Waals surface area contributed by atoms with E-state index in [-0.39, 0.29) is 17.9 Å². The van der Waals surface area contributed by atoms with Crippen molar-refractivity contribution >= 4 is 17.4 Å². The van der Waals surface area contributed by atoms with Crippen molar-refractivity contribution in [3.8, 4) is 0 Å². The smallest absolute Gasteiger partial charge is 0.329 e. The monoisotopic (exact) mass is 211 g/mol. The van der Waals surface area contributed by atoms with Gasteiger partial charge in [-0.05, 0) is 5.56 Å². The van der Waals surface area contributed by atoms with Crippen molar-refractivity contribution in [3.63, 3.8) is 0 Å². The van der Waals surface area contributed by atoms with Crippen molar-refractivity contribution in [2.75, 3.05) is 0 Å². The SMILES string of the molecule is O=S=N[C@@H](Cc1ccccc1)C(=O)O. The largest absolute Gasteiger partial charge is 0.480 e. The topological polar surface area (TPSA) is 66.7 Å². The molecule has 1 atom stereocenters. The third-order valence-corrected chi connectivity index (χ3v) is 2.07. The van der Waals surface area contributed by atoms with E-state index in [0.29, 0.717) is 0 Å². The first-order valence-corrected chi connectivity index (χ1v) is 4.69. The molecule has 0 fully saturated rings. The molecule has 74 valence electrons.